The van der Waals surface area contributed by atoms with E-state index >= 15 is 0 Å². The summed E-state index contributed by atoms with van der Waals surface area (Å²) in [5, 5.41) is 0.483. The highest BCUT2D eigenvalue weighted by atomic mass is 35.5. The number of aromatic nitrogens is 2. The minimum atomic E-state index is -3.24. The summed E-state index contributed by atoms with van der Waals surface area (Å²) in [4.78, 5) is 9.35. The molecule has 2 aromatic heterocycles. The van der Waals surface area contributed by atoms with Crippen molar-refractivity contribution in [3.05, 3.63) is 65.6 Å². The van der Waals surface area contributed by atoms with Crippen LogP contribution in [0.4, 0.5) is 0 Å². The molecule has 0 atom stereocenters. The Morgan fingerprint density at radius 1 is 0.926 bits per heavy atom. The molecule has 1 aromatic carbocycles. The molecule has 0 saturated heterocycles. The van der Waals surface area contributed by atoms with E-state index in [1.165, 1.54) is 6.26 Å². The molecule has 0 radical (unpaired) electrons. The highest BCUT2D eigenvalue weighted by Gasteiger charge is 2.17. The number of hydrogen-bond acceptors (Lipinski definition) is 4. The van der Waals surface area contributed by atoms with Crippen LogP contribution in [0.5, 0.6) is 0 Å². The fraction of sp³-hybridized carbons (Fsp3) is 0.111. The second-order valence-electron chi connectivity index (χ2n) is 7.53. The summed E-state index contributed by atoms with van der Waals surface area (Å²) in [6.45, 7) is 0. The summed E-state index contributed by atoms with van der Waals surface area (Å²) in [7, 11) is 3.10. The van der Waals surface area contributed by atoms with E-state index < -0.39 is 9.84 Å². The maximum atomic E-state index is 11.7. The van der Waals surface area contributed by atoms with Crippen molar-refractivity contribution in [2.75, 3.05) is 6.26 Å². The molecule has 0 aliphatic carbocycles. The van der Waals surface area contributed by atoms with Crippen LogP contribution in [0.1, 0.15) is 5.69 Å². The van der Waals surface area contributed by atoms with E-state index in [-0.39, 0.29) is 10.0 Å². The van der Waals surface area contributed by atoms with E-state index in [4.69, 9.17) is 11.6 Å². The molecule has 3 aromatic rings. The molecule has 134 valence electrons. The number of nitrogens with zero attached hydrogens (tertiary/aromatic N) is 2. The molecule has 9 heteroatoms. The van der Waals surface area contributed by atoms with Gasteiger partial charge in [-0.05, 0) is 35.9 Å². The molecule has 3 rings (SSSR count). The lowest BCUT2D eigenvalue weighted by molar-refractivity contribution is 0.602. The van der Waals surface area contributed by atoms with Gasteiger partial charge in [0.15, 0.2) is 9.84 Å². The molecule has 2 heterocycles. The van der Waals surface area contributed by atoms with Crippen LogP contribution < -0.4 is 0 Å². The summed E-state index contributed by atoms with van der Waals surface area (Å²) >= 11 is 6.17. The lowest BCUT2D eigenvalue weighted by Crippen LogP contribution is -2.28. The van der Waals surface area contributed by atoms with Crippen molar-refractivity contribution in [2.45, 2.75) is 10.0 Å². The Morgan fingerprint density at radius 3 is 2.07 bits per heavy atom. The minimum Gasteiger partial charge on any atom is -0.262 e. The van der Waals surface area contributed by atoms with E-state index in [0.717, 1.165) is 28.1 Å². The predicted molar refractivity (Wildman–Crippen MR) is 118 cm³/mol. The van der Waals surface area contributed by atoms with E-state index in [2.05, 4.69) is 33.5 Å². The van der Waals surface area contributed by atoms with Gasteiger partial charge in [-0.1, -0.05) is 28.8 Å². The second kappa shape index (κ2) is 7.17. The summed E-state index contributed by atoms with van der Waals surface area (Å²) in [6.07, 6.45) is 4.60. The van der Waals surface area contributed by atoms with Crippen molar-refractivity contribution in [1.82, 2.24) is 9.97 Å². The zero-order valence-electron chi connectivity index (χ0n) is 15.7. The molecule has 0 aliphatic heterocycles. The molecular weight excluding hydrogens is 376 g/mol. The highest BCUT2D eigenvalue weighted by molar-refractivity contribution is 7.90. The van der Waals surface area contributed by atoms with Gasteiger partial charge in [0, 0.05) is 35.5 Å². The molecule has 0 unspecified atom stereocenters. The molecule has 0 N–H and O–H groups in total. The van der Waals surface area contributed by atoms with Crippen molar-refractivity contribution in [3.63, 3.8) is 0 Å². The van der Waals surface area contributed by atoms with Gasteiger partial charge in [0.05, 0.1) is 39.2 Å². The van der Waals surface area contributed by atoms with Gasteiger partial charge >= 0.3 is 0 Å². The first kappa shape index (κ1) is 19.7. The Morgan fingerprint density at radius 2 is 1.56 bits per heavy atom. The summed E-state index contributed by atoms with van der Waals surface area (Å²) in [5.74, 6) is 0. The Labute approximate surface area is 167 Å². The molecule has 27 heavy (non-hydrogen) atoms. The molecule has 0 saturated carbocycles. The first-order valence-electron chi connectivity index (χ1n) is 8.49. The molecular formula is C18H18B3ClN2O2S. The molecule has 0 bridgehead atoms. The minimum absolute atomic E-state index is 0.0315. The van der Waals surface area contributed by atoms with Crippen molar-refractivity contribution in [1.29, 1.82) is 0 Å². The summed E-state index contributed by atoms with van der Waals surface area (Å²) in [6, 6.07) is 12.6. The average molecular weight is 394 g/mol. The molecule has 0 spiro atoms. The lowest BCUT2D eigenvalue weighted by atomic mass is 9.41. The topological polar surface area (TPSA) is 59.9 Å². The van der Waals surface area contributed by atoms with E-state index in [0.29, 0.717) is 5.02 Å². The first-order chi connectivity index (χ1) is 12.6. The molecule has 0 aliphatic rings. The smallest absolute Gasteiger partial charge is 0.175 e. The monoisotopic (exact) mass is 394 g/mol. The van der Waals surface area contributed by atoms with Crippen LogP contribution in [-0.2, 0) is 15.0 Å². The van der Waals surface area contributed by atoms with Crippen LogP contribution in [0, 0.1) is 0 Å². The fourth-order valence-electron chi connectivity index (χ4n) is 2.75. The van der Waals surface area contributed by atoms with Gasteiger partial charge < -0.3 is 0 Å². The van der Waals surface area contributed by atoms with Crippen LogP contribution >= 0.6 is 11.6 Å². The Kier molecular flexibility index (Phi) is 5.23. The zero-order chi connectivity index (χ0) is 19.8. The molecule has 0 amide bonds. The molecule has 4 nitrogen and oxygen atoms in total. The van der Waals surface area contributed by atoms with Gasteiger partial charge in [0.25, 0.3) is 0 Å². The third-order valence-electron chi connectivity index (χ3n) is 4.25. The number of rotatable bonds is 4. The zero-order valence-corrected chi connectivity index (χ0v) is 17.3. The standard InChI is InChI=1S/C18H18B3ClN2O2S/c1-27(25,26)14-5-2-11(3-6-14)15-8-13(22)10-24-17(15)12-4-7-16(23-9-12)18(19,20)21/h2-10H,19-21H2,1H3. The Balaban J connectivity index is 2.09. The molecule has 0 fully saturated rings. The number of sulfone groups is 1. The van der Waals surface area contributed by atoms with Crippen LogP contribution in [0.15, 0.2) is 59.8 Å². The van der Waals surface area contributed by atoms with Crippen molar-refractivity contribution in [3.8, 4) is 22.4 Å². The quantitative estimate of drug-likeness (QED) is 0.617. The van der Waals surface area contributed by atoms with Crippen molar-refractivity contribution in [2.24, 2.45) is 0 Å². The van der Waals surface area contributed by atoms with Crippen LogP contribution in [0.25, 0.3) is 22.4 Å². The summed E-state index contributed by atoms with van der Waals surface area (Å²) in [5.41, 5.74) is 4.29. The maximum Gasteiger partial charge on any atom is 0.175 e. The van der Waals surface area contributed by atoms with Gasteiger partial charge in [0.2, 0.25) is 0 Å². The predicted octanol–water partition coefficient (Wildman–Crippen LogP) is 0.877. The van der Waals surface area contributed by atoms with Crippen molar-refractivity contribution >= 4 is 45.0 Å². The van der Waals surface area contributed by atoms with E-state index in [1.807, 2.05) is 24.4 Å². The first-order valence-corrected chi connectivity index (χ1v) is 10.8. The fourth-order valence-corrected chi connectivity index (χ4v) is 3.54. The van der Waals surface area contributed by atoms with Gasteiger partial charge in [0.1, 0.15) is 0 Å². The van der Waals surface area contributed by atoms with Crippen molar-refractivity contribution < 1.29 is 8.42 Å². The van der Waals surface area contributed by atoms with Gasteiger partial charge in [-0.2, -0.15) is 0 Å². The van der Waals surface area contributed by atoms with Gasteiger partial charge in [-0.3, -0.25) is 9.97 Å². The summed E-state index contributed by atoms with van der Waals surface area (Å²) < 4.78 is 23.4. The van der Waals surface area contributed by atoms with Gasteiger partial charge in [-0.25, -0.2) is 8.42 Å². The van der Waals surface area contributed by atoms with Crippen LogP contribution in [0.3, 0.4) is 0 Å². The maximum absolute atomic E-state index is 11.7. The number of pyridine rings is 2. The van der Waals surface area contributed by atoms with Crippen LogP contribution in [-0.4, -0.2) is 48.2 Å². The number of benzene rings is 1. The Bertz CT molecular complexity index is 1080. The SMILES string of the molecule is BC(B)(B)c1ccc(-c2ncc(Cl)cc2-c2ccc(S(C)(=O)=O)cc2)cn1. The lowest BCUT2D eigenvalue weighted by Gasteiger charge is -2.18. The van der Waals surface area contributed by atoms with E-state index in [9.17, 15) is 8.42 Å². The van der Waals surface area contributed by atoms with E-state index in [1.54, 1.807) is 30.5 Å². The number of halogens is 1. The average Bonchev–Trinajstić information content (AvgIpc) is 2.60. The van der Waals surface area contributed by atoms with Crippen LogP contribution in [0.2, 0.25) is 5.02 Å². The number of hydrogen-bond donors (Lipinski definition) is 0. The second-order valence-corrected chi connectivity index (χ2v) is 9.98. The Hall–Kier alpha value is -2.05. The third kappa shape index (κ3) is 4.45. The largest absolute Gasteiger partial charge is 0.262 e. The highest BCUT2D eigenvalue weighted by Crippen LogP contribution is 2.33. The third-order valence-corrected chi connectivity index (χ3v) is 5.59. The normalized spacial score (nSPS) is 12.1. The van der Waals surface area contributed by atoms with Gasteiger partial charge in [-0.15, -0.1) is 0 Å².